The third-order valence-corrected chi connectivity index (χ3v) is 9.35. The van der Waals surface area contributed by atoms with Crippen LogP contribution in [0.2, 0.25) is 0 Å². The molecular weight excluding hydrogens is 524 g/mol. The summed E-state index contributed by atoms with van der Waals surface area (Å²) in [6.07, 6.45) is 7.47. The van der Waals surface area contributed by atoms with Gasteiger partial charge >= 0.3 is 0 Å². The number of morpholine rings is 1. The highest BCUT2D eigenvalue weighted by Crippen LogP contribution is 2.54. The van der Waals surface area contributed by atoms with E-state index in [4.69, 9.17) is 9.47 Å². The molecule has 1 unspecified atom stereocenters. The van der Waals surface area contributed by atoms with Gasteiger partial charge in [-0.25, -0.2) is 0 Å². The first-order chi connectivity index (χ1) is 20.0. The van der Waals surface area contributed by atoms with Gasteiger partial charge in [-0.05, 0) is 12.0 Å². The maximum Gasteiger partial charge on any atom is 0.249 e. The van der Waals surface area contributed by atoms with Gasteiger partial charge in [-0.2, -0.15) is 0 Å². The van der Waals surface area contributed by atoms with E-state index in [0.29, 0.717) is 52.4 Å². The molecule has 5 heterocycles. The molecule has 0 aromatic heterocycles. The highest BCUT2D eigenvalue weighted by Gasteiger charge is 2.72. The Morgan fingerprint density at radius 2 is 1.73 bits per heavy atom. The van der Waals surface area contributed by atoms with Crippen molar-refractivity contribution < 1.29 is 29.0 Å². The summed E-state index contributed by atoms with van der Waals surface area (Å²) in [6, 6.07) is 8.29. The number of carbonyl (C=O) groups excluding carboxylic acids is 3. The third kappa shape index (κ3) is 4.90. The lowest BCUT2D eigenvalue weighted by Gasteiger charge is -2.38. The van der Waals surface area contributed by atoms with E-state index in [0.717, 1.165) is 18.7 Å². The highest BCUT2D eigenvalue weighted by molar-refractivity contribution is 6.00. The van der Waals surface area contributed by atoms with Gasteiger partial charge in [0, 0.05) is 45.8 Å². The van der Waals surface area contributed by atoms with E-state index in [1.807, 2.05) is 61.6 Å². The summed E-state index contributed by atoms with van der Waals surface area (Å²) in [7, 11) is 0. The number of amides is 3. The van der Waals surface area contributed by atoms with Gasteiger partial charge in [0.2, 0.25) is 17.7 Å². The molecule has 1 aromatic rings. The zero-order valence-corrected chi connectivity index (χ0v) is 23.6. The van der Waals surface area contributed by atoms with Gasteiger partial charge < -0.3 is 29.3 Å². The van der Waals surface area contributed by atoms with Crippen molar-refractivity contribution in [2.24, 2.45) is 11.8 Å². The summed E-state index contributed by atoms with van der Waals surface area (Å²) in [5.41, 5.74) is -0.277. The van der Waals surface area contributed by atoms with Crippen LogP contribution in [0.5, 0.6) is 0 Å². The van der Waals surface area contributed by atoms with Crippen LogP contribution in [0.25, 0.3) is 0 Å². The van der Waals surface area contributed by atoms with E-state index >= 15 is 0 Å². The first-order valence-corrected chi connectivity index (χ1v) is 14.8. The zero-order valence-electron chi connectivity index (χ0n) is 23.6. The Labute approximate surface area is 241 Å². The van der Waals surface area contributed by atoms with Crippen molar-refractivity contribution in [1.82, 2.24) is 19.6 Å². The molecule has 1 aromatic carbocycles. The number of hydrogen-bond acceptors (Lipinski definition) is 7. The van der Waals surface area contributed by atoms with Crippen molar-refractivity contribution in [2.75, 3.05) is 59.1 Å². The minimum atomic E-state index is -1.28. The Morgan fingerprint density at radius 1 is 0.976 bits per heavy atom. The average molecular weight is 565 g/mol. The number of aliphatic hydroxyl groups excluding tert-OH is 1. The lowest BCUT2D eigenvalue weighted by atomic mass is 9.77. The van der Waals surface area contributed by atoms with Gasteiger partial charge in [0.05, 0.1) is 43.8 Å². The number of fused-ring (bicyclic) bond motifs is 2. The molecule has 1 spiro atoms. The molecule has 6 atom stereocenters. The fourth-order valence-electron chi connectivity index (χ4n) is 7.22. The number of benzene rings is 1. The Bertz CT molecular complexity index is 1200. The van der Waals surface area contributed by atoms with Gasteiger partial charge in [0.1, 0.15) is 11.6 Å². The molecule has 10 nitrogen and oxygen atoms in total. The number of carbonyl (C=O) groups is 3. The molecule has 3 saturated heterocycles. The van der Waals surface area contributed by atoms with Gasteiger partial charge in [-0.3, -0.25) is 19.3 Å². The molecule has 1 N–H and O–H groups in total. The SMILES string of the molecule is CC[C@@H](CO)N1C(=O)[C@@H]2[C@@H]3C(=O)N(Cc4ccccc4)CC=C[C@@H]3O[C@@]23C=CCN(CCN2CCOCC2)C(=O)C13. The van der Waals surface area contributed by atoms with E-state index in [1.165, 1.54) is 0 Å². The standard InChI is InChI=1S/C31H40N4O6/c1-2-23(21-36)35-27-30(39)33(15-14-32-16-18-40-19-17-32)13-7-11-31(27)26(29(35)38)25-24(41-31)10-6-12-34(28(25)37)20-22-8-4-3-5-9-22/h3-11,23-27,36H,2,12-21H2,1H3/t23-,24-,25+,26-,27?,31-/m0/s1. The molecule has 6 rings (SSSR count). The molecule has 0 saturated carbocycles. The van der Waals surface area contributed by atoms with Crippen LogP contribution >= 0.6 is 0 Å². The maximum absolute atomic E-state index is 14.4. The third-order valence-electron chi connectivity index (χ3n) is 9.35. The normalized spacial score (nSPS) is 32.5. The first-order valence-electron chi connectivity index (χ1n) is 14.8. The van der Waals surface area contributed by atoms with Crippen LogP contribution in [0.4, 0.5) is 0 Å². The molecule has 3 fully saturated rings. The average Bonchev–Trinajstić information content (AvgIpc) is 3.32. The number of nitrogens with zero attached hydrogens (tertiary/aromatic N) is 4. The van der Waals surface area contributed by atoms with E-state index in [1.54, 1.807) is 14.7 Å². The summed E-state index contributed by atoms with van der Waals surface area (Å²) in [5.74, 6) is -2.25. The van der Waals surface area contributed by atoms with Gasteiger partial charge in [0.15, 0.2) is 0 Å². The van der Waals surface area contributed by atoms with Gasteiger partial charge in [-0.15, -0.1) is 0 Å². The first kappa shape index (κ1) is 28.1. The van der Waals surface area contributed by atoms with Crippen molar-refractivity contribution in [3.05, 3.63) is 60.2 Å². The monoisotopic (exact) mass is 564 g/mol. The van der Waals surface area contributed by atoms with Crippen LogP contribution in [0.1, 0.15) is 18.9 Å². The summed E-state index contributed by atoms with van der Waals surface area (Å²) in [4.78, 5) is 50.3. The smallest absolute Gasteiger partial charge is 0.249 e. The largest absolute Gasteiger partial charge is 0.394 e. The summed E-state index contributed by atoms with van der Waals surface area (Å²) in [5, 5.41) is 10.3. The maximum atomic E-state index is 14.4. The minimum Gasteiger partial charge on any atom is -0.394 e. The van der Waals surface area contributed by atoms with E-state index in [9.17, 15) is 19.5 Å². The van der Waals surface area contributed by atoms with E-state index < -0.39 is 35.6 Å². The van der Waals surface area contributed by atoms with Crippen LogP contribution in [0, 0.1) is 11.8 Å². The van der Waals surface area contributed by atoms with Crippen LogP contribution in [0.3, 0.4) is 0 Å². The van der Waals surface area contributed by atoms with Crippen LogP contribution in [0.15, 0.2) is 54.6 Å². The van der Waals surface area contributed by atoms with Gasteiger partial charge in [-0.1, -0.05) is 61.6 Å². The molecule has 0 radical (unpaired) electrons. The number of hydrogen-bond donors (Lipinski definition) is 1. The van der Waals surface area contributed by atoms with Crippen LogP contribution in [-0.2, 0) is 30.4 Å². The Hall–Kier alpha value is -3.05. The topological polar surface area (TPSA) is 103 Å². The highest BCUT2D eigenvalue weighted by atomic mass is 16.5. The van der Waals surface area contributed by atoms with Crippen molar-refractivity contribution in [1.29, 1.82) is 0 Å². The number of rotatable bonds is 8. The second kappa shape index (κ2) is 11.7. The minimum absolute atomic E-state index is 0.147. The van der Waals surface area contributed by atoms with Crippen LogP contribution in [-0.4, -0.2) is 125 Å². The molecular formula is C31H40N4O6. The van der Waals surface area contributed by atoms with Crippen molar-refractivity contribution in [3.63, 3.8) is 0 Å². The molecule has 5 aliphatic heterocycles. The molecule has 10 heteroatoms. The Kier molecular flexibility index (Phi) is 8.00. The molecule has 0 bridgehead atoms. The lowest BCUT2D eigenvalue weighted by molar-refractivity contribution is -0.151. The molecule has 220 valence electrons. The summed E-state index contributed by atoms with van der Waals surface area (Å²) >= 11 is 0. The van der Waals surface area contributed by atoms with Crippen molar-refractivity contribution in [2.45, 2.75) is 43.7 Å². The lowest BCUT2D eigenvalue weighted by Crippen LogP contribution is -2.58. The molecule has 41 heavy (non-hydrogen) atoms. The second-order valence-electron chi connectivity index (χ2n) is 11.6. The van der Waals surface area contributed by atoms with E-state index in [2.05, 4.69) is 4.90 Å². The second-order valence-corrected chi connectivity index (χ2v) is 11.6. The quantitative estimate of drug-likeness (QED) is 0.463. The predicted molar refractivity (Wildman–Crippen MR) is 150 cm³/mol. The summed E-state index contributed by atoms with van der Waals surface area (Å²) < 4.78 is 12.2. The Balaban J connectivity index is 1.33. The van der Waals surface area contributed by atoms with Crippen molar-refractivity contribution >= 4 is 17.7 Å². The molecule has 5 aliphatic rings. The van der Waals surface area contributed by atoms with E-state index in [-0.39, 0.29) is 24.3 Å². The Morgan fingerprint density at radius 3 is 2.46 bits per heavy atom. The fourth-order valence-corrected chi connectivity index (χ4v) is 7.22. The number of aliphatic hydroxyl groups is 1. The van der Waals surface area contributed by atoms with Crippen LogP contribution < -0.4 is 0 Å². The number of likely N-dealkylation sites (tertiary alicyclic amines) is 1. The molecule has 0 aliphatic carbocycles. The van der Waals surface area contributed by atoms with Crippen molar-refractivity contribution in [3.8, 4) is 0 Å². The summed E-state index contributed by atoms with van der Waals surface area (Å²) in [6.45, 7) is 7.08. The fraction of sp³-hybridized carbons (Fsp3) is 0.581. The predicted octanol–water partition coefficient (Wildman–Crippen LogP) is 0.667. The molecule has 3 amide bonds. The zero-order chi connectivity index (χ0) is 28.6. The van der Waals surface area contributed by atoms with Gasteiger partial charge in [0.25, 0.3) is 0 Å². The number of ether oxygens (including phenoxy) is 2.